The molecule has 0 fully saturated rings. The fourth-order valence-corrected chi connectivity index (χ4v) is 3.87. The van der Waals surface area contributed by atoms with Gasteiger partial charge in [0.1, 0.15) is 11.5 Å². The van der Waals surface area contributed by atoms with Gasteiger partial charge in [0.25, 0.3) is 0 Å². The zero-order chi connectivity index (χ0) is 19.9. The van der Waals surface area contributed by atoms with Gasteiger partial charge in [-0.05, 0) is 52.1 Å². The van der Waals surface area contributed by atoms with Crippen molar-refractivity contribution in [2.45, 2.75) is 26.7 Å². The third-order valence-electron chi connectivity index (χ3n) is 5.33. The molecule has 1 atom stereocenters. The standard InChI is InChI=1S/C25H24O3/c1-25(2,3)21-14-13-20-22(15-10-16-6-5-7-19(21)23(16)20)28-24(26)17-8-11-18(27-4)12-9-17/h5-15,21H,1-4H3. The molecule has 0 heterocycles. The second-order valence-electron chi connectivity index (χ2n) is 8.24. The molecule has 0 N–H and O–H groups in total. The van der Waals surface area contributed by atoms with Crippen LogP contribution >= 0.6 is 0 Å². The largest absolute Gasteiger partial charge is 0.497 e. The lowest BCUT2D eigenvalue weighted by molar-refractivity contribution is 0.0734. The Kier molecular flexibility index (Phi) is 4.46. The summed E-state index contributed by atoms with van der Waals surface area (Å²) in [4.78, 5) is 12.7. The van der Waals surface area contributed by atoms with Crippen molar-refractivity contribution in [3.8, 4) is 11.5 Å². The molecule has 28 heavy (non-hydrogen) atoms. The molecule has 0 amide bonds. The number of allylic oxidation sites excluding steroid dienone is 1. The molecule has 0 radical (unpaired) electrons. The number of esters is 1. The van der Waals surface area contributed by atoms with E-state index in [1.165, 1.54) is 10.9 Å². The number of benzene rings is 3. The smallest absolute Gasteiger partial charge is 0.343 e. The molecule has 0 spiro atoms. The van der Waals surface area contributed by atoms with E-state index in [4.69, 9.17) is 9.47 Å². The van der Waals surface area contributed by atoms with Crippen molar-refractivity contribution < 1.29 is 14.3 Å². The average Bonchev–Trinajstić information content (AvgIpc) is 2.69. The first kappa shape index (κ1) is 18.3. The van der Waals surface area contributed by atoms with Crippen LogP contribution in [-0.4, -0.2) is 13.1 Å². The Bertz CT molecular complexity index is 1070. The van der Waals surface area contributed by atoms with Gasteiger partial charge in [0, 0.05) is 11.5 Å². The van der Waals surface area contributed by atoms with Crippen LogP contribution in [-0.2, 0) is 0 Å². The van der Waals surface area contributed by atoms with Crippen LogP contribution < -0.4 is 9.47 Å². The molecule has 0 aliphatic heterocycles. The van der Waals surface area contributed by atoms with Gasteiger partial charge >= 0.3 is 5.97 Å². The van der Waals surface area contributed by atoms with Gasteiger partial charge in [0.2, 0.25) is 0 Å². The summed E-state index contributed by atoms with van der Waals surface area (Å²) in [5, 5.41) is 2.33. The minimum atomic E-state index is -0.373. The van der Waals surface area contributed by atoms with Gasteiger partial charge < -0.3 is 9.47 Å². The third-order valence-corrected chi connectivity index (χ3v) is 5.33. The van der Waals surface area contributed by atoms with Gasteiger partial charge in [-0.15, -0.1) is 0 Å². The van der Waals surface area contributed by atoms with E-state index >= 15 is 0 Å². The molecule has 0 saturated carbocycles. The Morgan fingerprint density at radius 2 is 1.71 bits per heavy atom. The monoisotopic (exact) mass is 372 g/mol. The highest BCUT2D eigenvalue weighted by molar-refractivity contribution is 5.99. The fraction of sp³-hybridized carbons (Fsp3) is 0.240. The highest BCUT2D eigenvalue weighted by Crippen LogP contribution is 2.45. The quantitative estimate of drug-likeness (QED) is 0.404. The van der Waals surface area contributed by atoms with E-state index in [2.05, 4.69) is 51.1 Å². The maximum Gasteiger partial charge on any atom is 0.343 e. The van der Waals surface area contributed by atoms with E-state index in [1.807, 2.05) is 12.1 Å². The molecule has 0 bridgehead atoms. The summed E-state index contributed by atoms with van der Waals surface area (Å²) in [5.41, 5.74) is 2.85. The summed E-state index contributed by atoms with van der Waals surface area (Å²) < 4.78 is 10.9. The van der Waals surface area contributed by atoms with Crippen LogP contribution in [0.3, 0.4) is 0 Å². The summed E-state index contributed by atoms with van der Waals surface area (Å²) in [7, 11) is 1.60. The molecule has 0 aromatic heterocycles. The Balaban J connectivity index is 1.75. The normalized spacial score (nSPS) is 15.5. The number of hydrogen-bond donors (Lipinski definition) is 0. The third kappa shape index (κ3) is 3.18. The molecular formula is C25H24O3. The zero-order valence-electron chi connectivity index (χ0n) is 16.7. The number of hydrogen-bond acceptors (Lipinski definition) is 3. The van der Waals surface area contributed by atoms with Crippen molar-refractivity contribution >= 4 is 22.8 Å². The first-order valence-electron chi connectivity index (χ1n) is 9.48. The predicted octanol–water partition coefficient (Wildman–Crippen LogP) is 6.22. The second kappa shape index (κ2) is 6.83. The molecule has 142 valence electrons. The Hall–Kier alpha value is -3.07. The Labute approximate surface area is 165 Å². The van der Waals surface area contributed by atoms with Crippen LogP contribution in [0, 0.1) is 5.41 Å². The molecule has 3 heteroatoms. The lowest BCUT2D eigenvalue weighted by Gasteiger charge is -2.32. The summed E-state index contributed by atoms with van der Waals surface area (Å²) in [6.45, 7) is 6.75. The van der Waals surface area contributed by atoms with Crippen LogP contribution in [0.5, 0.6) is 11.5 Å². The summed E-state index contributed by atoms with van der Waals surface area (Å²) >= 11 is 0. The average molecular weight is 372 g/mol. The molecule has 3 aromatic carbocycles. The summed E-state index contributed by atoms with van der Waals surface area (Å²) in [6, 6.07) is 17.2. The highest BCUT2D eigenvalue weighted by Gasteiger charge is 2.29. The van der Waals surface area contributed by atoms with Crippen molar-refractivity contribution in [3.05, 3.63) is 77.4 Å². The molecule has 4 rings (SSSR count). The molecule has 1 aliphatic rings. The summed E-state index contributed by atoms with van der Waals surface area (Å²) in [6.07, 6.45) is 4.32. The number of methoxy groups -OCH3 is 1. The van der Waals surface area contributed by atoms with Crippen molar-refractivity contribution in [3.63, 3.8) is 0 Å². The molecule has 3 nitrogen and oxygen atoms in total. The van der Waals surface area contributed by atoms with Gasteiger partial charge in [-0.3, -0.25) is 0 Å². The van der Waals surface area contributed by atoms with E-state index in [-0.39, 0.29) is 11.4 Å². The lowest BCUT2D eigenvalue weighted by atomic mass is 9.72. The molecule has 3 aromatic rings. The van der Waals surface area contributed by atoms with E-state index in [1.54, 1.807) is 31.4 Å². The first-order chi connectivity index (χ1) is 13.4. The van der Waals surface area contributed by atoms with Gasteiger partial charge in [0.15, 0.2) is 0 Å². The molecule has 0 saturated heterocycles. The van der Waals surface area contributed by atoms with Crippen LogP contribution in [0.1, 0.15) is 48.2 Å². The topological polar surface area (TPSA) is 35.5 Å². The van der Waals surface area contributed by atoms with Crippen molar-refractivity contribution in [2.24, 2.45) is 5.41 Å². The predicted molar refractivity (Wildman–Crippen MR) is 113 cm³/mol. The highest BCUT2D eigenvalue weighted by atomic mass is 16.5. The zero-order valence-corrected chi connectivity index (χ0v) is 16.7. The Morgan fingerprint density at radius 3 is 2.39 bits per heavy atom. The Morgan fingerprint density at radius 1 is 0.964 bits per heavy atom. The SMILES string of the molecule is COc1ccc(C(=O)Oc2ccc3cccc4c3c2C=CC4C(C)(C)C)cc1. The van der Waals surface area contributed by atoms with Gasteiger partial charge in [-0.25, -0.2) is 4.79 Å². The maximum atomic E-state index is 12.7. The van der Waals surface area contributed by atoms with Gasteiger partial charge in [-0.1, -0.05) is 57.2 Å². The number of carbonyl (C=O) groups excluding carboxylic acids is 1. The van der Waals surface area contributed by atoms with Crippen LogP contribution in [0.15, 0.2) is 60.7 Å². The van der Waals surface area contributed by atoms with E-state index in [0.717, 1.165) is 10.9 Å². The van der Waals surface area contributed by atoms with E-state index in [0.29, 0.717) is 23.0 Å². The van der Waals surface area contributed by atoms with Crippen molar-refractivity contribution in [1.29, 1.82) is 0 Å². The van der Waals surface area contributed by atoms with Crippen LogP contribution in [0.25, 0.3) is 16.8 Å². The van der Waals surface area contributed by atoms with Crippen LogP contribution in [0.2, 0.25) is 0 Å². The van der Waals surface area contributed by atoms with Gasteiger partial charge in [0.05, 0.1) is 12.7 Å². The minimum Gasteiger partial charge on any atom is -0.497 e. The first-order valence-corrected chi connectivity index (χ1v) is 9.48. The number of rotatable bonds is 3. The summed E-state index contributed by atoms with van der Waals surface area (Å²) in [5.74, 6) is 1.24. The lowest BCUT2D eigenvalue weighted by Crippen LogP contribution is -2.19. The van der Waals surface area contributed by atoms with Crippen molar-refractivity contribution in [2.75, 3.05) is 7.11 Å². The molecule has 1 unspecified atom stereocenters. The maximum absolute atomic E-state index is 12.7. The second-order valence-corrected chi connectivity index (χ2v) is 8.24. The minimum absolute atomic E-state index is 0.109. The van der Waals surface area contributed by atoms with E-state index < -0.39 is 0 Å². The molecule has 1 aliphatic carbocycles. The molecular weight excluding hydrogens is 348 g/mol. The number of carbonyl (C=O) groups is 1. The van der Waals surface area contributed by atoms with Crippen LogP contribution in [0.4, 0.5) is 0 Å². The number of ether oxygens (including phenoxy) is 2. The van der Waals surface area contributed by atoms with E-state index in [9.17, 15) is 4.79 Å². The van der Waals surface area contributed by atoms with Crippen molar-refractivity contribution in [1.82, 2.24) is 0 Å². The fourth-order valence-electron chi connectivity index (χ4n) is 3.87. The van der Waals surface area contributed by atoms with Gasteiger partial charge in [-0.2, -0.15) is 0 Å².